The van der Waals surface area contributed by atoms with Gasteiger partial charge in [-0.05, 0) is 43.1 Å². The topological polar surface area (TPSA) is 30.0 Å². The van der Waals surface area contributed by atoms with Gasteiger partial charge in [0.15, 0.2) is 5.78 Å². The van der Waals surface area contributed by atoms with Gasteiger partial charge in [0.25, 0.3) is 0 Å². The first-order valence-electron chi connectivity index (χ1n) is 6.45. The van der Waals surface area contributed by atoms with Crippen molar-refractivity contribution in [3.63, 3.8) is 0 Å². The summed E-state index contributed by atoms with van der Waals surface area (Å²) in [5, 5.41) is 0.238. The SMILES string of the molecule is O=C(C1CCCCS1)C1CCc2cccnc21. The summed E-state index contributed by atoms with van der Waals surface area (Å²) in [5.74, 6) is 1.67. The number of fused-ring (bicyclic) bond motifs is 1. The van der Waals surface area contributed by atoms with E-state index in [-0.39, 0.29) is 11.2 Å². The van der Waals surface area contributed by atoms with Gasteiger partial charge in [-0.3, -0.25) is 9.78 Å². The van der Waals surface area contributed by atoms with Crippen LogP contribution >= 0.6 is 11.8 Å². The fraction of sp³-hybridized carbons (Fsp3) is 0.571. The van der Waals surface area contributed by atoms with Gasteiger partial charge < -0.3 is 0 Å². The van der Waals surface area contributed by atoms with Gasteiger partial charge in [0.1, 0.15) is 0 Å². The summed E-state index contributed by atoms with van der Waals surface area (Å²) in [7, 11) is 0. The second-order valence-electron chi connectivity index (χ2n) is 4.90. The Bertz CT molecular complexity index is 426. The first kappa shape index (κ1) is 11.3. The van der Waals surface area contributed by atoms with Crippen LogP contribution in [0.1, 0.15) is 42.9 Å². The normalized spacial score (nSPS) is 27.8. The monoisotopic (exact) mass is 247 g/mol. The van der Waals surface area contributed by atoms with E-state index in [4.69, 9.17) is 0 Å². The van der Waals surface area contributed by atoms with Gasteiger partial charge in [0.05, 0.1) is 16.9 Å². The fourth-order valence-corrected chi connectivity index (χ4v) is 4.20. The molecule has 0 saturated carbocycles. The Hall–Kier alpha value is -0.830. The number of hydrogen-bond acceptors (Lipinski definition) is 3. The molecular weight excluding hydrogens is 230 g/mol. The third kappa shape index (κ3) is 2.13. The van der Waals surface area contributed by atoms with E-state index < -0.39 is 0 Å². The highest BCUT2D eigenvalue weighted by atomic mass is 32.2. The molecule has 0 radical (unpaired) electrons. The highest BCUT2D eigenvalue weighted by Crippen LogP contribution is 2.37. The second-order valence-corrected chi connectivity index (χ2v) is 6.21. The summed E-state index contributed by atoms with van der Waals surface area (Å²) in [6, 6.07) is 4.09. The molecule has 1 saturated heterocycles. The summed E-state index contributed by atoms with van der Waals surface area (Å²) in [4.78, 5) is 16.9. The molecule has 2 unspecified atom stereocenters. The van der Waals surface area contributed by atoms with Crippen LogP contribution < -0.4 is 0 Å². The number of thioether (sulfide) groups is 1. The van der Waals surface area contributed by atoms with Crippen LogP contribution in [-0.4, -0.2) is 21.8 Å². The number of Topliss-reactive ketones (excluding diaryl/α,β-unsaturated/α-hetero) is 1. The van der Waals surface area contributed by atoms with Gasteiger partial charge in [-0.25, -0.2) is 0 Å². The molecule has 3 rings (SSSR count). The molecule has 1 aromatic heterocycles. The maximum absolute atomic E-state index is 12.5. The van der Waals surface area contributed by atoms with Crippen LogP contribution in [0.3, 0.4) is 0 Å². The van der Waals surface area contributed by atoms with E-state index in [1.54, 1.807) is 0 Å². The summed E-state index contributed by atoms with van der Waals surface area (Å²) in [5.41, 5.74) is 2.34. The van der Waals surface area contributed by atoms with Crippen LogP contribution in [0.5, 0.6) is 0 Å². The zero-order valence-corrected chi connectivity index (χ0v) is 10.7. The highest BCUT2D eigenvalue weighted by molar-refractivity contribution is 8.00. The number of hydrogen-bond donors (Lipinski definition) is 0. The van der Waals surface area contributed by atoms with Gasteiger partial charge in [0, 0.05) is 6.20 Å². The third-order valence-corrected chi connectivity index (χ3v) is 5.19. The lowest BCUT2D eigenvalue weighted by molar-refractivity contribution is -0.120. The molecule has 1 aromatic rings. The minimum Gasteiger partial charge on any atom is -0.298 e. The molecule has 0 aromatic carbocycles. The smallest absolute Gasteiger partial charge is 0.154 e. The third-order valence-electron chi connectivity index (χ3n) is 3.80. The van der Waals surface area contributed by atoms with E-state index in [2.05, 4.69) is 11.1 Å². The number of carbonyl (C=O) groups excluding carboxylic acids is 1. The van der Waals surface area contributed by atoms with Crippen molar-refractivity contribution in [1.82, 2.24) is 4.98 Å². The Morgan fingerprint density at radius 1 is 1.35 bits per heavy atom. The van der Waals surface area contributed by atoms with Crippen molar-refractivity contribution in [2.24, 2.45) is 0 Å². The van der Waals surface area contributed by atoms with Crippen molar-refractivity contribution >= 4 is 17.5 Å². The Kier molecular flexibility index (Phi) is 3.19. The lowest BCUT2D eigenvalue weighted by Crippen LogP contribution is -2.26. The molecule has 2 aliphatic rings. The lowest BCUT2D eigenvalue weighted by Gasteiger charge is -2.22. The largest absolute Gasteiger partial charge is 0.298 e. The summed E-state index contributed by atoms with van der Waals surface area (Å²) < 4.78 is 0. The van der Waals surface area contributed by atoms with Crippen LogP contribution in [0.4, 0.5) is 0 Å². The summed E-state index contributed by atoms with van der Waals surface area (Å²) >= 11 is 1.86. The van der Waals surface area contributed by atoms with Crippen molar-refractivity contribution in [3.05, 3.63) is 29.6 Å². The quantitative estimate of drug-likeness (QED) is 0.805. The number of aromatic nitrogens is 1. The van der Waals surface area contributed by atoms with Crippen molar-refractivity contribution in [2.45, 2.75) is 43.3 Å². The van der Waals surface area contributed by atoms with E-state index in [9.17, 15) is 4.79 Å². The van der Waals surface area contributed by atoms with Crippen LogP contribution in [-0.2, 0) is 11.2 Å². The molecule has 3 heteroatoms. The van der Waals surface area contributed by atoms with Gasteiger partial charge in [-0.15, -0.1) is 0 Å². The number of ketones is 1. The molecule has 0 bridgehead atoms. The van der Waals surface area contributed by atoms with E-state index in [1.807, 2.05) is 24.0 Å². The minimum atomic E-state index is 0.0850. The predicted octanol–water partition coefficient (Wildman–Crippen LogP) is 2.97. The molecule has 2 nitrogen and oxygen atoms in total. The molecule has 0 amide bonds. The zero-order valence-electron chi connectivity index (χ0n) is 9.89. The molecule has 90 valence electrons. The molecule has 2 atom stereocenters. The van der Waals surface area contributed by atoms with E-state index in [0.29, 0.717) is 5.78 Å². The molecule has 1 aliphatic heterocycles. The van der Waals surface area contributed by atoms with Crippen LogP contribution in [0.2, 0.25) is 0 Å². The molecule has 17 heavy (non-hydrogen) atoms. The van der Waals surface area contributed by atoms with Gasteiger partial charge in [0.2, 0.25) is 0 Å². The van der Waals surface area contributed by atoms with Crippen LogP contribution in [0, 0.1) is 0 Å². The number of rotatable bonds is 2. The first-order chi connectivity index (χ1) is 8.36. The van der Waals surface area contributed by atoms with Gasteiger partial charge in [-0.2, -0.15) is 11.8 Å². The molecule has 0 N–H and O–H groups in total. The first-order valence-corrected chi connectivity index (χ1v) is 7.50. The fourth-order valence-electron chi connectivity index (χ4n) is 2.88. The lowest BCUT2D eigenvalue weighted by atomic mass is 9.96. The molecular formula is C14H17NOS. The Morgan fingerprint density at radius 2 is 2.29 bits per heavy atom. The molecule has 2 heterocycles. The second kappa shape index (κ2) is 4.81. The number of nitrogens with zero attached hydrogens (tertiary/aromatic N) is 1. The molecule has 0 spiro atoms. The summed E-state index contributed by atoms with van der Waals surface area (Å²) in [6.07, 6.45) is 7.37. The Morgan fingerprint density at radius 3 is 3.12 bits per heavy atom. The van der Waals surface area contributed by atoms with E-state index in [0.717, 1.165) is 30.7 Å². The number of pyridine rings is 1. The van der Waals surface area contributed by atoms with Gasteiger partial charge >= 0.3 is 0 Å². The van der Waals surface area contributed by atoms with E-state index >= 15 is 0 Å². The van der Waals surface area contributed by atoms with Crippen LogP contribution in [0.15, 0.2) is 18.3 Å². The van der Waals surface area contributed by atoms with Crippen molar-refractivity contribution in [1.29, 1.82) is 0 Å². The van der Waals surface area contributed by atoms with Crippen molar-refractivity contribution in [2.75, 3.05) is 5.75 Å². The Balaban J connectivity index is 1.79. The highest BCUT2D eigenvalue weighted by Gasteiger charge is 2.34. The van der Waals surface area contributed by atoms with E-state index in [1.165, 1.54) is 18.4 Å². The predicted molar refractivity (Wildman–Crippen MR) is 70.4 cm³/mol. The number of carbonyl (C=O) groups is 1. The minimum absolute atomic E-state index is 0.0850. The maximum atomic E-state index is 12.5. The number of aryl methyl sites for hydroxylation is 1. The zero-order chi connectivity index (χ0) is 11.7. The van der Waals surface area contributed by atoms with Gasteiger partial charge in [-0.1, -0.05) is 12.5 Å². The summed E-state index contributed by atoms with van der Waals surface area (Å²) in [6.45, 7) is 0. The molecule has 1 fully saturated rings. The molecule has 1 aliphatic carbocycles. The standard InChI is InChI=1S/C14H17NOS/c16-14(12-5-1-2-9-17-12)11-7-6-10-4-3-8-15-13(10)11/h3-4,8,11-12H,1-2,5-7,9H2. The van der Waals surface area contributed by atoms with Crippen molar-refractivity contribution in [3.8, 4) is 0 Å². The Labute approximate surface area is 106 Å². The average molecular weight is 247 g/mol. The maximum Gasteiger partial charge on any atom is 0.154 e. The average Bonchev–Trinajstić information content (AvgIpc) is 2.83. The van der Waals surface area contributed by atoms with Crippen LogP contribution in [0.25, 0.3) is 0 Å². The van der Waals surface area contributed by atoms with Crippen molar-refractivity contribution < 1.29 is 4.79 Å².